The summed E-state index contributed by atoms with van der Waals surface area (Å²) in [7, 11) is 0. The largest absolute Gasteiger partial charge is 0.491 e. The number of β-amino-alcohol motifs (C(OH)–C–C–N with tert-alkyl or cyclic N) is 1. The van der Waals surface area contributed by atoms with Crippen LogP contribution in [0.1, 0.15) is 24.6 Å². The van der Waals surface area contributed by atoms with E-state index in [1.807, 2.05) is 79.0 Å². The van der Waals surface area contributed by atoms with Crippen molar-refractivity contribution in [2.45, 2.75) is 24.9 Å². The molecule has 0 bridgehead atoms. The minimum absolute atomic E-state index is 0.258. The highest BCUT2D eigenvalue weighted by Crippen LogP contribution is 2.27. The Kier molecular flexibility index (Phi) is 6.51. The van der Waals surface area contributed by atoms with Gasteiger partial charge in [0.25, 0.3) is 0 Å². The molecule has 170 valence electrons. The number of aliphatic hydroxyl groups is 1. The van der Waals surface area contributed by atoms with Gasteiger partial charge in [-0.1, -0.05) is 24.3 Å². The van der Waals surface area contributed by atoms with Crippen LogP contribution in [-0.4, -0.2) is 56.9 Å². The van der Waals surface area contributed by atoms with E-state index in [1.54, 1.807) is 0 Å². The normalized spacial score (nSPS) is 16.0. The van der Waals surface area contributed by atoms with Gasteiger partial charge in [0.2, 0.25) is 0 Å². The van der Waals surface area contributed by atoms with Crippen LogP contribution in [0, 0.1) is 0 Å². The lowest BCUT2D eigenvalue weighted by molar-refractivity contribution is 0.0590. The summed E-state index contributed by atoms with van der Waals surface area (Å²) in [5.74, 6) is 3.68. The van der Waals surface area contributed by atoms with Gasteiger partial charge in [-0.05, 0) is 74.5 Å². The van der Waals surface area contributed by atoms with E-state index in [4.69, 9.17) is 9.47 Å². The predicted molar refractivity (Wildman–Crippen MR) is 126 cm³/mol. The highest BCUT2D eigenvalue weighted by Gasteiger charge is 2.25. The van der Waals surface area contributed by atoms with Gasteiger partial charge in [-0.3, -0.25) is 4.40 Å². The molecule has 33 heavy (non-hydrogen) atoms. The molecule has 2 aromatic carbocycles. The molecule has 5 rings (SSSR count). The number of ether oxygens (including phenoxy) is 2. The van der Waals surface area contributed by atoms with Gasteiger partial charge in [0, 0.05) is 18.7 Å². The van der Waals surface area contributed by atoms with Gasteiger partial charge >= 0.3 is 0 Å². The molecule has 3 heterocycles. The summed E-state index contributed by atoms with van der Waals surface area (Å²) in [6, 6.07) is 23.1. The molecule has 7 nitrogen and oxygen atoms in total. The zero-order valence-corrected chi connectivity index (χ0v) is 18.5. The van der Waals surface area contributed by atoms with Gasteiger partial charge in [0.15, 0.2) is 5.65 Å². The average molecular weight is 445 g/mol. The molecular formula is C26H28N4O3. The molecule has 0 amide bonds. The number of rotatable bonds is 8. The summed E-state index contributed by atoms with van der Waals surface area (Å²) in [5, 5.41) is 19.2. The minimum atomic E-state index is -0.546. The molecule has 1 aliphatic rings. The van der Waals surface area contributed by atoms with Crippen molar-refractivity contribution < 1.29 is 14.6 Å². The number of benzene rings is 2. The standard InChI is InChI=1S/C26H28N4O3/c31-21(19-32-22-9-11-24(12-10-22)33-23-6-2-1-3-7-23)18-29-16-13-20(14-17-29)26-28-27-25-8-4-5-15-30(25)26/h1-12,15,20-21,31H,13-14,16-19H2. The number of likely N-dealkylation sites (tertiary alicyclic amines) is 1. The number of aliphatic hydroxyl groups excluding tert-OH is 1. The van der Waals surface area contributed by atoms with E-state index >= 15 is 0 Å². The van der Waals surface area contributed by atoms with Crippen LogP contribution in [0.15, 0.2) is 79.0 Å². The van der Waals surface area contributed by atoms with Crippen LogP contribution in [-0.2, 0) is 0 Å². The van der Waals surface area contributed by atoms with Gasteiger partial charge in [-0.2, -0.15) is 0 Å². The Balaban J connectivity index is 1.06. The van der Waals surface area contributed by atoms with Crippen molar-refractivity contribution >= 4 is 5.65 Å². The fraction of sp³-hybridized carbons (Fsp3) is 0.308. The maximum atomic E-state index is 10.5. The topological polar surface area (TPSA) is 72.1 Å². The molecule has 0 saturated carbocycles. The van der Waals surface area contributed by atoms with Gasteiger partial charge in [-0.15, -0.1) is 10.2 Å². The lowest BCUT2D eigenvalue weighted by atomic mass is 9.96. The Morgan fingerprint density at radius 1 is 0.848 bits per heavy atom. The SMILES string of the molecule is OC(COc1ccc(Oc2ccccc2)cc1)CN1CCC(c2nnc3ccccn23)CC1. The summed E-state index contributed by atoms with van der Waals surface area (Å²) in [5.41, 5.74) is 0.891. The van der Waals surface area contributed by atoms with E-state index < -0.39 is 6.10 Å². The molecular weight excluding hydrogens is 416 g/mol. The fourth-order valence-corrected chi connectivity index (χ4v) is 4.28. The predicted octanol–water partition coefficient (Wildman–Crippen LogP) is 4.14. The number of piperidine rings is 1. The van der Waals surface area contributed by atoms with Crippen LogP contribution in [0.3, 0.4) is 0 Å². The number of hydrogen-bond acceptors (Lipinski definition) is 6. The highest BCUT2D eigenvalue weighted by atomic mass is 16.5. The Bertz CT molecular complexity index is 1160. The van der Waals surface area contributed by atoms with Crippen LogP contribution in [0.4, 0.5) is 0 Å². The number of hydrogen-bond donors (Lipinski definition) is 1. The second-order valence-corrected chi connectivity index (χ2v) is 8.41. The Hall–Kier alpha value is -3.42. The van der Waals surface area contributed by atoms with Gasteiger partial charge < -0.3 is 19.5 Å². The van der Waals surface area contributed by atoms with E-state index in [0.717, 1.165) is 48.9 Å². The molecule has 0 spiro atoms. The molecule has 2 aromatic heterocycles. The summed E-state index contributed by atoms with van der Waals surface area (Å²) >= 11 is 0. The van der Waals surface area contributed by atoms with Crippen molar-refractivity contribution in [1.29, 1.82) is 0 Å². The van der Waals surface area contributed by atoms with Crippen molar-refractivity contribution in [2.24, 2.45) is 0 Å². The maximum absolute atomic E-state index is 10.5. The van der Waals surface area contributed by atoms with Crippen LogP contribution in [0.5, 0.6) is 17.2 Å². The Morgan fingerprint density at radius 2 is 1.55 bits per heavy atom. The fourth-order valence-electron chi connectivity index (χ4n) is 4.28. The molecule has 1 saturated heterocycles. The van der Waals surface area contributed by atoms with Gasteiger partial charge in [0.1, 0.15) is 35.8 Å². The van der Waals surface area contributed by atoms with Crippen LogP contribution < -0.4 is 9.47 Å². The highest BCUT2D eigenvalue weighted by molar-refractivity contribution is 5.38. The number of aromatic nitrogens is 3. The average Bonchev–Trinajstić information content (AvgIpc) is 3.29. The number of pyridine rings is 1. The smallest absolute Gasteiger partial charge is 0.160 e. The summed E-state index contributed by atoms with van der Waals surface area (Å²) in [6.07, 6.45) is 3.49. The third kappa shape index (κ3) is 5.32. The third-order valence-electron chi connectivity index (χ3n) is 6.01. The first kappa shape index (κ1) is 21.4. The van der Waals surface area contributed by atoms with E-state index in [1.165, 1.54) is 0 Å². The molecule has 4 aromatic rings. The second kappa shape index (κ2) is 10.0. The van der Waals surface area contributed by atoms with Crippen LogP contribution in [0.25, 0.3) is 5.65 Å². The second-order valence-electron chi connectivity index (χ2n) is 8.41. The molecule has 7 heteroatoms. The van der Waals surface area contributed by atoms with Gasteiger partial charge in [0.05, 0.1) is 0 Å². The van der Waals surface area contributed by atoms with Crippen molar-refractivity contribution in [3.63, 3.8) is 0 Å². The zero-order valence-electron chi connectivity index (χ0n) is 18.5. The zero-order chi connectivity index (χ0) is 22.5. The van der Waals surface area contributed by atoms with E-state index in [9.17, 15) is 5.11 Å². The van der Waals surface area contributed by atoms with Crippen molar-refractivity contribution in [1.82, 2.24) is 19.5 Å². The van der Waals surface area contributed by atoms with E-state index in [-0.39, 0.29) is 6.61 Å². The monoisotopic (exact) mass is 444 g/mol. The molecule has 1 fully saturated rings. The molecule has 0 radical (unpaired) electrons. The maximum Gasteiger partial charge on any atom is 0.160 e. The van der Waals surface area contributed by atoms with Crippen molar-refractivity contribution in [3.05, 3.63) is 84.8 Å². The Morgan fingerprint density at radius 3 is 2.33 bits per heavy atom. The summed E-state index contributed by atoms with van der Waals surface area (Å²) in [4.78, 5) is 2.30. The molecule has 1 aliphatic heterocycles. The van der Waals surface area contributed by atoms with Crippen LogP contribution >= 0.6 is 0 Å². The van der Waals surface area contributed by atoms with Crippen molar-refractivity contribution in [3.8, 4) is 17.2 Å². The molecule has 1 atom stereocenters. The first-order chi connectivity index (χ1) is 16.2. The minimum Gasteiger partial charge on any atom is -0.491 e. The lowest BCUT2D eigenvalue weighted by Crippen LogP contribution is -2.40. The van der Waals surface area contributed by atoms with E-state index in [2.05, 4.69) is 19.5 Å². The lowest BCUT2D eigenvalue weighted by Gasteiger charge is -2.32. The summed E-state index contributed by atoms with van der Waals surface area (Å²) in [6.45, 7) is 2.71. The molecule has 0 aliphatic carbocycles. The molecule has 1 unspecified atom stereocenters. The molecule has 1 N–H and O–H groups in total. The first-order valence-corrected chi connectivity index (χ1v) is 11.4. The van der Waals surface area contributed by atoms with E-state index in [0.29, 0.717) is 18.2 Å². The van der Waals surface area contributed by atoms with Crippen molar-refractivity contribution in [2.75, 3.05) is 26.2 Å². The number of nitrogens with zero attached hydrogens (tertiary/aromatic N) is 4. The van der Waals surface area contributed by atoms with Gasteiger partial charge in [-0.25, -0.2) is 0 Å². The quantitative estimate of drug-likeness (QED) is 0.440. The summed E-state index contributed by atoms with van der Waals surface area (Å²) < 4.78 is 13.7. The first-order valence-electron chi connectivity index (χ1n) is 11.4. The Labute approximate surface area is 193 Å². The van der Waals surface area contributed by atoms with Crippen LogP contribution in [0.2, 0.25) is 0 Å². The number of para-hydroxylation sites is 1. The third-order valence-corrected chi connectivity index (χ3v) is 6.01. The number of fused-ring (bicyclic) bond motifs is 1.